The summed E-state index contributed by atoms with van der Waals surface area (Å²) in [5.74, 6) is 1.29. The van der Waals surface area contributed by atoms with Crippen molar-refractivity contribution in [3.05, 3.63) is 72.8 Å². The van der Waals surface area contributed by atoms with Gasteiger partial charge >= 0.3 is 0 Å². The molecule has 0 atom stereocenters. The molecule has 3 aromatic rings. The molecule has 0 unspecified atom stereocenters. The molecule has 9 nitrogen and oxygen atoms in total. The van der Waals surface area contributed by atoms with Crippen LogP contribution < -0.4 is 19.1 Å². The van der Waals surface area contributed by atoms with Gasteiger partial charge in [0, 0.05) is 31.9 Å². The number of nitrogens with one attached hydrogen (secondary N) is 1. The Morgan fingerprint density at radius 1 is 0.714 bits per heavy atom. The lowest BCUT2D eigenvalue weighted by Crippen LogP contribution is -2.48. The van der Waals surface area contributed by atoms with Crippen molar-refractivity contribution in [2.24, 2.45) is 0 Å². The predicted molar refractivity (Wildman–Crippen MR) is 134 cm³/mol. The van der Waals surface area contributed by atoms with E-state index in [1.54, 1.807) is 19.2 Å². The van der Waals surface area contributed by atoms with Crippen LogP contribution in [0.5, 0.6) is 11.5 Å². The molecule has 4 rings (SSSR count). The zero-order valence-corrected chi connectivity index (χ0v) is 21.1. The van der Waals surface area contributed by atoms with Crippen molar-refractivity contribution in [3.8, 4) is 11.5 Å². The summed E-state index contributed by atoms with van der Waals surface area (Å²) in [7, 11) is -4.44. The van der Waals surface area contributed by atoms with Gasteiger partial charge in [-0.3, -0.25) is 4.72 Å². The Balaban J connectivity index is 1.43. The second kappa shape index (κ2) is 10.1. The minimum absolute atomic E-state index is 0.0721. The van der Waals surface area contributed by atoms with Gasteiger partial charge in [-0.25, -0.2) is 16.8 Å². The first-order chi connectivity index (χ1) is 16.7. The summed E-state index contributed by atoms with van der Waals surface area (Å²) in [6, 6.07) is 19.3. The molecule has 0 aliphatic carbocycles. The van der Waals surface area contributed by atoms with Crippen molar-refractivity contribution in [2.45, 2.75) is 9.79 Å². The smallest absolute Gasteiger partial charge is 0.261 e. The van der Waals surface area contributed by atoms with Crippen LogP contribution in [0.4, 0.5) is 11.4 Å². The Morgan fingerprint density at radius 3 is 1.91 bits per heavy atom. The number of hydrogen-bond acceptors (Lipinski definition) is 7. The van der Waals surface area contributed by atoms with E-state index in [4.69, 9.17) is 9.47 Å². The van der Waals surface area contributed by atoms with Crippen LogP contribution in [-0.4, -0.2) is 61.5 Å². The van der Waals surface area contributed by atoms with Gasteiger partial charge in [-0.15, -0.1) is 0 Å². The SMILES string of the molecule is COc1ccc(S(=O)(=O)Nc2ccc(S(=O)(=O)N3CCN(c4ccccc4OC)CC3)cc2)cc1. The van der Waals surface area contributed by atoms with Gasteiger partial charge in [-0.2, -0.15) is 4.31 Å². The molecule has 0 radical (unpaired) electrons. The first-order valence-corrected chi connectivity index (χ1v) is 13.8. The molecular weight excluding hydrogens is 490 g/mol. The second-order valence-electron chi connectivity index (χ2n) is 7.87. The molecular formula is C24H27N3O6S2. The molecule has 35 heavy (non-hydrogen) atoms. The van der Waals surface area contributed by atoms with E-state index >= 15 is 0 Å². The summed E-state index contributed by atoms with van der Waals surface area (Å²) in [5.41, 5.74) is 1.20. The first kappa shape index (κ1) is 24.8. The highest BCUT2D eigenvalue weighted by Crippen LogP contribution is 2.29. The summed E-state index contributed by atoms with van der Waals surface area (Å²) in [4.78, 5) is 2.28. The molecule has 1 aliphatic rings. The Morgan fingerprint density at radius 2 is 1.31 bits per heavy atom. The van der Waals surface area contributed by atoms with Crippen LogP contribution in [0.25, 0.3) is 0 Å². The highest BCUT2D eigenvalue weighted by atomic mass is 32.2. The predicted octanol–water partition coefficient (Wildman–Crippen LogP) is 3.02. The second-order valence-corrected chi connectivity index (χ2v) is 11.5. The van der Waals surface area contributed by atoms with E-state index in [2.05, 4.69) is 9.62 Å². The topological polar surface area (TPSA) is 105 Å². The Hall–Kier alpha value is -3.28. The van der Waals surface area contributed by atoms with Gasteiger partial charge in [-0.1, -0.05) is 12.1 Å². The van der Waals surface area contributed by atoms with Crippen LogP contribution in [0.2, 0.25) is 0 Å². The van der Waals surface area contributed by atoms with Crippen LogP contribution in [-0.2, 0) is 20.0 Å². The maximum absolute atomic E-state index is 13.2. The molecule has 1 aliphatic heterocycles. The molecule has 1 fully saturated rings. The number of methoxy groups -OCH3 is 2. The summed E-state index contributed by atoms with van der Waals surface area (Å²) in [5, 5.41) is 0. The highest BCUT2D eigenvalue weighted by molar-refractivity contribution is 7.92. The van der Waals surface area contributed by atoms with Gasteiger partial charge in [0.05, 0.1) is 29.7 Å². The largest absolute Gasteiger partial charge is 0.497 e. The first-order valence-electron chi connectivity index (χ1n) is 10.9. The number of sulfonamides is 2. The van der Waals surface area contributed by atoms with Gasteiger partial charge in [0.2, 0.25) is 10.0 Å². The molecule has 1 N–H and O–H groups in total. The normalized spacial score (nSPS) is 15.0. The third-order valence-corrected chi connectivity index (χ3v) is 9.09. The molecule has 0 aromatic heterocycles. The van der Waals surface area contributed by atoms with E-state index in [1.807, 2.05) is 24.3 Å². The molecule has 1 heterocycles. The van der Waals surface area contributed by atoms with Crippen LogP contribution >= 0.6 is 0 Å². The monoisotopic (exact) mass is 517 g/mol. The lowest BCUT2D eigenvalue weighted by molar-refractivity contribution is 0.378. The van der Waals surface area contributed by atoms with Crippen LogP contribution in [0, 0.1) is 0 Å². The number of rotatable bonds is 8. The van der Waals surface area contributed by atoms with Crippen LogP contribution in [0.15, 0.2) is 82.6 Å². The number of anilines is 2. The molecule has 0 saturated carbocycles. The van der Waals surface area contributed by atoms with Crippen molar-refractivity contribution >= 4 is 31.4 Å². The molecule has 0 spiro atoms. The molecule has 3 aromatic carbocycles. The maximum atomic E-state index is 13.2. The van der Waals surface area contributed by atoms with Gasteiger partial charge in [-0.05, 0) is 60.7 Å². The van der Waals surface area contributed by atoms with E-state index in [-0.39, 0.29) is 15.5 Å². The van der Waals surface area contributed by atoms with Crippen LogP contribution in [0.1, 0.15) is 0 Å². The molecule has 0 amide bonds. The fourth-order valence-electron chi connectivity index (χ4n) is 3.87. The number of hydrogen-bond donors (Lipinski definition) is 1. The highest BCUT2D eigenvalue weighted by Gasteiger charge is 2.29. The molecule has 186 valence electrons. The minimum atomic E-state index is -3.83. The standard InChI is InChI=1S/C24H27N3O6S2/c1-32-20-9-13-21(14-10-20)34(28,29)25-19-7-11-22(12-8-19)35(30,31)27-17-15-26(16-18-27)23-5-3-4-6-24(23)33-2/h3-14,25H,15-18H2,1-2H3. The van der Waals surface area contributed by atoms with Crippen molar-refractivity contribution in [2.75, 3.05) is 50.0 Å². The number of benzene rings is 3. The third kappa shape index (κ3) is 5.37. The van der Waals surface area contributed by atoms with Crippen molar-refractivity contribution in [3.63, 3.8) is 0 Å². The Bertz CT molecular complexity index is 1370. The van der Waals surface area contributed by atoms with E-state index in [0.717, 1.165) is 11.4 Å². The van der Waals surface area contributed by atoms with Gasteiger partial charge in [0.15, 0.2) is 0 Å². The zero-order valence-electron chi connectivity index (χ0n) is 19.4. The minimum Gasteiger partial charge on any atom is -0.497 e. The van der Waals surface area contributed by atoms with E-state index < -0.39 is 20.0 Å². The van der Waals surface area contributed by atoms with Crippen LogP contribution in [0.3, 0.4) is 0 Å². The van der Waals surface area contributed by atoms with E-state index in [9.17, 15) is 16.8 Å². The summed E-state index contributed by atoms with van der Waals surface area (Å²) in [6.45, 7) is 1.71. The fraction of sp³-hybridized carbons (Fsp3) is 0.250. The van der Waals surface area contributed by atoms with E-state index in [0.29, 0.717) is 31.9 Å². The quantitative estimate of drug-likeness (QED) is 0.490. The van der Waals surface area contributed by atoms with Gasteiger partial charge < -0.3 is 14.4 Å². The van der Waals surface area contributed by atoms with Crippen molar-refractivity contribution < 1.29 is 26.3 Å². The lowest BCUT2D eigenvalue weighted by atomic mass is 10.2. The fourth-order valence-corrected chi connectivity index (χ4v) is 6.35. The summed E-state index contributed by atoms with van der Waals surface area (Å²) >= 11 is 0. The molecule has 1 saturated heterocycles. The lowest BCUT2D eigenvalue weighted by Gasteiger charge is -2.35. The number of ether oxygens (including phenoxy) is 2. The van der Waals surface area contributed by atoms with E-state index in [1.165, 1.54) is 47.8 Å². The average Bonchev–Trinajstić information content (AvgIpc) is 2.89. The van der Waals surface area contributed by atoms with Crippen molar-refractivity contribution in [1.82, 2.24) is 4.31 Å². The number of para-hydroxylation sites is 2. The Labute approximate surface area is 206 Å². The maximum Gasteiger partial charge on any atom is 0.261 e. The number of nitrogens with zero attached hydrogens (tertiary/aromatic N) is 2. The van der Waals surface area contributed by atoms with Gasteiger partial charge in [0.1, 0.15) is 11.5 Å². The number of piperazine rings is 1. The molecule has 0 bridgehead atoms. The van der Waals surface area contributed by atoms with Gasteiger partial charge in [0.25, 0.3) is 10.0 Å². The zero-order chi connectivity index (χ0) is 25.1. The third-order valence-electron chi connectivity index (χ3n) is 5.78. The Kier molecular flexibility index (Phi) is 7.20. The summed E-state index contributed by atoms with van der Waals surface area (Å²) in [6.07, 6.45) is 0. The van der Waals surface area contributed by atoms with Crippen molar-refractivity contribution in [1.29, 1.82) is 0 Å². The molecule has 11 heteroatoms. The average molecular weight is 518 g/mol. The summed E-state index contributed by atoms with van der Waals surface area (Å²) < 4.78 is 66.0.